The Morgan fingerprint density at radius 2 is 1.38 bits per heavy atom. The van der Waals surface area contributed by atoms with Gasteiger partial charge in [-0.25, -0.2) is 9.59 Å². The van der Waals surface area contributed by atoms with Gasteiger partial charge in [-0.2, -0.15) is 0 Å². The van der Waals surface area contributed by atoms with Crippen LogP contribution in [0.1, 0.15) is 26.3 Å². The predicted octanol–water partition coefficient (Wildman–Crippen LogP) is 3.80. The number of benzene rings is 2. The molecule has 110 valence electrons. The van der Waals surface area contributed by atoms with Crippen molar-refractivity contribution in [1.82, 2.24) is 0 Å². The van der Waals surface area contributed by atoms with Crippen LogP contribution in [0.25, 0.3) is 0 Å². The fraction of sp³-hybridized carbons (Fsp3) is 0.125. The molecule has 0 aromatic heterocycles. The topological polar surface area (TPSA) is 74.6 Å². The first-order valence-electron chi connectivity index (χ1n) is 6.11. The van der Waals surface area contributed by atoms with Gasteiger partial charge >= 0.3 is 11.9 Å². The quantitative estimate of drug-likeness (QED) is 0.844. The van der Waals surface area contributed by atoms with Gasteiger partial charge in [-0.1, -0.05) is 35.9 Å². The Bertz CT molecular complexity index is 591. The first kappa shape index (κ1) is 16.8. The molecule has 5 heteroatoms. The number of aryl methyl sites for hydroxylation is 1. The van der Waals surface area contributed by atoms with Gasteiger partial charge in [0.05, 0.1) is 11.1 Å². The van der Waals surface area contributed by atoms with E-state index in [0.717, 1.165) is 6.07 Å². The average molecular weight is 304 g/mol. The lowest BCUT2D eigenvalue weighted by Crippen LogP contribution is -2.02. The molecule has 0 bridgehead atoms. The summed E-state index contributed by atoms with van der Waals surface area (Å²) in [6.07, 6.45) is 1.76. The Morgan fingerprint density at radius 3 is 1.67 bits per heavy atom. The molecule has 0 atom stereocenters. The van der Waals surface area contributed by atoms with Gasteiger partial charge in [0.15, 0.2) is 0 Å². The molecule has 0 aliphatic carbocycles. The van der Waals surface area contributed by atoms with E-state index in [-0.39, 0.29) is 11.1 Å². The van der Waals surface area contributed by atoms with Crippen LogP contribution >= 0.6 is 11.8 Å². The fourth-order valence-corrected chi connectivity index (χ4v) is 1.99. The van der Waals surface area contributed by atoms with Gasteiger partial charge in [-0.15, -0.1) is 11.8 Å². The second-order valence-corrected chi connectivity index (χ2v) is 5.09. The predicted molar refractivity (Wildman–Crippen MR) is 83.3 cm³/mol. The van der Waals surface area contributed by atoms with Crippen molar-refractivity contribution in [1.29, 1.82) is 0 Å². The van der Waals surface area contributed by atoms with Crippen molar-refractivity contribution in [3.63, 3.8) is 0 Å². The van der Waals surface area contributed by atoms with Gasteiger partial charge < -0.3 is 10.2 Å². The molecule has 0 radical (unpaired) electrons. The lowest BCUT2D eigenvalue weighted by molar-refractivity contribution is 0.0696. The first-order valence-corrected chi connectivity index (χ1v) is 7.34. The van der Waals surface area contributed by atoms with E-state index in [0.29, 0.717) is 4.90 Å². The van der Waals surface area contributed by atoms with Crippen molar-refractivity contribution in [2.45, 2.75) is 11.8 Å². The Hall–Kier alpha value is -2.27. The maximum absolute atomic E-state index is 10.6. The minimum absolute atomic E-state index is 0.00532. The monoisotopic (exact) mass is 304 g/mol. The Balaban J connectivity index is 0.000000262. The first-order chi connectivity index (χ1) is 9.93. The lowest BCUT2D eigenvalue weighted by atomic mass is 10.1. The molecule has 4 nitrogen and oxygen atoms in total. The normalized spacial score (nSPS) is 9.43. The fourth-order valence-electron chi connectivity index (χ4n) is 1.50. The summed E-state index contributed by atoms with van der Waals surface area (Å²) in [4.78, 5) is 21.9. The van der Waals surface area contributed by atoms with E-state index in [9.17, 15) is 9.59 Å². The van der Waals surface area contributed by atoms with E-state index in [1.165, 1.54) is 29.5 Å². The highest BCUT2D eigenvalue weighted by atomic mass is 32.2. The molecule has 0 heterocycles. The molecule has 0 spiro atoms. The second kappa shape index (κ2) is 8.11. The van der Waals surface area contributed by atoms with Crippen LogP contribution in [0.3, 0.4) is 0 Å². The SMILES string of the molecule is CSc1cc(C(=O)O)cc(C(=O)O)c1.Cc1ccccc1. The van der Waals surface area contributed by atoms with E-state index >= 15 is 0 Å². The minimum Gasteiger partial charge on any atom is -0.478 e. The molecule has 0 fully saturated rings. The number of aromatic carboxylic acids is 2. The zero-order valence-electron chi connectivity index (χ0n) is 11.7. The van der Waals surface area contributed by atoms with Gasteiger partial charge in [0, 0.05) is 4.90 Å². The van der Waals surface area contributed by atoms with Crippen molar-refractivity contribution in [2.24, 2.45) is 0 Å². The molecule has 0 saturated carbocycles. The number of hydrogen-bond donors (Lipinski definition) is 2. The molecular weight excluding hydrogens is 288 g/mol. The maximum Gasteiger partial charge on any atom is 0.335 e. The third-order valence-electron chi connectivity index (χ3n) is 2.58. The molecule has 0 aliphatic heterocycles. The third-order valence-corrected chi connectivity index (χ3v) is 3.28. The number of thioether (sulfide) groups is 1. The summed E-state index contributed by atoms with van der Waals surface area (Å²) in [6, 6.07) is 14.3. The average Bonchev–Trinajstić information content (AvgIpc) is 2.48. The summed E-state index contributed by atoms with van der Waals surface area (Å²) < 4.78 is 0. The molecule has 2 rings (SSSR count). The van der Waals surface area contributed by atoms with Crippen LogP contribution in [-0.2, 0) is 0 Å². The molecule has 21 heavy (non-hydrogen) atoms. The number of carbonyl (C=O) groups is 2. The lowest BCUT2D eigenvalue weighted by Gasteiger charge is -2.01. The molecule has 0 amide bonds. The number of rotatable bonds is 3. The molecule has 0 unspecified atom stereocenters. The molecular formula is C16H16O4S. The number of hydrogen-bond acceptors (Lipinski definition) is 3. The highest BCUT2D eigenvalue weighted by Crippen LogP contribution is 2.19. The summed E-state index contributed by atoms with van der Waals surface area (Å²) in [5, 5.41) is 17.4. The summed E-state index contributed by atoms with van der Waals surface area (Å²) in [5.41, 5.74) is 1.31. The van der Waals surface area contributed by atoms with Crippen LogP contribution in [0, 0.1) is 6.92 Å². The van der Waals surface area contributed by atoms with Gasteiger partial charge in [-0.3, -0.25) is 0 Å². The van der Waals surface area contributed by atoms with Crippen LogP contribution in [-0.4, -0.2) is 28.4 Å². The van der Waals surface area contributed by atoms with Crippen LogP contribution in [0.15, 0.2) is 53.4 Å². The third kappa shape index (κ3) is 5.71. The van der Waals surface area contributed by atoms with Gasteiger partial charge in [-0.05, 0) is 31.4 Å². The van der Waals surface area contributed by atoms with E-state index in [2.05, 4.69) is 19.1 Å². The molecule has 2 N–H and O–H groups in total. The van der Waals surface area contributed by atoms with Gasteiger partial charge in [0.25, 0.3) is 0 Å². The zero-order chi connectivity index (χ0) is 15.8. The van der Waals surface area contributed by atoms with Crippen molar-refractivity contribution in [2.75, 3.05) is 6.26 Å². The molecule has 2 aromatic carbocycles. The van der Waals surface area contributed by atoms with Crippen molar-refractivity contribution in [3.05, 3.63) is 65.2 Å². The van der Waals surface area contributed by atoms with Crippen molar-refractivity contribution in [3.8, 4) is 0 Å². The van der Waals surface area contributed by atoms with Crippen molar-refractivity contribution >= 4 is 23.7 Å². The van der Waals surface area contributed by atoms with E-state index in [1.807, 2.05) is 18.2 Å². The zero-order valence-corrected chi connectivity index (χ0v) is 12.6. The van der Waals surface area contributed by atoms with Gasteiger partial charge in [0.2, 0.25) is 0 Å². The van der Waals surface area contributed by atoms with E-state index < -0.39 is 11.9 Å². The second-order valence-electron chi connectivity index (χ2n) is 4.22. The smallest absolute Gasteiger partial charge is 0.335 e. The van der Waals surface area contributed by atoms with Crippen LogP contribution in [0.5, 0.6) is 0 Å². The standard InChI is InChI=1S/C9H8O4S.C7H8/c1-14-7-3-5(8(10)11)2-6(4-7)9(12)13;1-7-5-3-2-4-6-7/h2-4H,1H3,(H,10,11)(H,12,13);2-6H,1H3. The van der Waals surface area contributed by atoms with E-state index in [4.69, 9.17) is 10.2 Å². The number of carboxylic acids is 2. The summed E-state index contributed by atoms with van der Waals surface area (Å²) in [7, 11) is 0. The highest BCUT2D eigenvalue weighted by molar-refractivity contribution is 7.98. The molecule has 0 saturated heterocycles. The van der Waals surface area contributed by atoms with Crippen LogP contribution < -0.4 is 0 Å². The van der Waals surface area contributed by atoms with Crippen LogP contribution in [0.4, 0.5) is 0 Å². The number of carboxylic acid groups (broad SMARTS) is 2. The summed E-state index contributed by atoms with van der Waals surface area (Å²) >= 11 is 1.31. The Kier molecular flexibility index (Phi) is 6.49. The van der Waals surface area contributed by atoms with Gasteiger partial charge in [0.1, 0.15) is 0 Å². The minimum atomic E-state index is -1.12. The maximum atomic E-state index is 10.6. The molecule has 0 aliphatic rings. The summed E-state index contributed by atoms with van der Waals surface area (Å²) in [6.45, 7) is 2.08. The van der Waals surface area contributed by atoms with Crippen LogP contribution in [0.2, 0.25) is 0 Å². The summed E-state index contributed by atoms with van der Waals surface area (Å²) in [5.74, 6) is -2.24. The molecule has 2 aromatic rings. The highest BCUT2D eigenvalue weighted by Gasteiger charge is 2.10. The van der Waals surface area contributed by atoms with E-state index in [1.54, 1.807) is 6.26 Å². The largest absolute Gasteiger partial charge is 0.478 e. The Morgan fingerprint density at radius 1 is 0.905 bits per heavy atom. The Labute approximate surface area is 127 Å². The van der Waals surface area contributed by atoms with Crippen molar-refractivity contribution < 1.29 is 19.8 Å².